The van der Waals surface area contributed by atoms with Gasteiger partial charge in [-0.25, -0.2) is 0 Å². The Hall–Kier alpha value is 0.140. The molecule has 0 radical (unpaired) electrons. The minimum absolute atomic E-state index is 1.12. The molecule has 0 spiro atoms. The largest absolute Gasteiger partial charge is 0.141 e. The minimum atomic E-state index is 1.12. The first kappa shape index (κ1) is 8.73. The number of hydrogen-bond donors (Lipinski definition) is 0. The van der Waals surface area contributed by atoms with E-state index >= 15 is 0 Å². The predicted molar refractivity (Wildman–Crippen MR) is 62.0 cm³/mol. The summed E-state index contributed by atoms with van der Waals surface area (Å²) in [6, 6.07) is 6.42. The monoisotopic (exact) mass is 304 g/mol. The van der Waals surface area contributed by atoms with Crippen molar-refractivity contribution in [3.63, 3.8) is 0 Å². The van der Waals surface area contributed by atoms with Crippen molar-refractivity contribution in [2.45, 2.75) is 6.92 Å². The van der Waals surface area contributed by atoms with Gasteiger partial charge in [0.15, 0.2) is 0 Å². The predicted octanol–water partition coefficient (Wildman–Crippen LogP) is 4.73. The van der Waals surface area contributed by atoms with Gasteiger partial charge in [0.1, 0.15) is 0 Å². The van der Waals surface area contributed by atoms with E-state index in [4.69, 9.17) is 0 Å². The van der Waals surface area contributed by atoms with Crippen LogP contribution in [-0.4, -0.2) is 0 Å². The zero-order chi connectivity index (χ0) is 8.72. The van der Waals surface area contributed by atoms with Crippen LogP contribution in [-0.2, 0) is 0 Å². The van der Waals surface area contributed by atoms with Crippen molar-refractivity contribution < 1.29 is 0 Å². The molecule has 62 valence electrons. The maximum absolute atomic E-state index is 3.55. The summed E-state index contributed by atoms with van der Waals surface area (Å²) in [4.78, 5) is 1.35. The van der Waals surface area contributed by atoms with E-state index in [0.29, 0.717) is 0 Å². The van der Waals surface area contributed by atoms with Crippen molar-refractivity contribution in [3.05, 3.63) is 32.0 Å². The minimum Gasteiger partial charge on any atom is -0.141 e. The standard InChI is InChI=1S/C9H6Br2S/c1-5-4-6-8(12-5)3-2-7(10)9(6)11/h2-4H,1H3. The molecule has 0 aliphatic heterocycles. The van der Waals surface area contributed by atoms with Crippen LogP contribution in [0.2, 0.25) is 0 Å². The Bertz CT molecular complexity index is 431. The van der Waals surface area contributed by atoms with Crippen LogP contribution in [0.4, 0.5) is 0 Å². The molecule has 0 N–H and O–H groups in total. The fourth-order valence-electron chi connectivity index (χ4n) is 1.18. The molecule has 2 aromatic rings. The number of thiophene rings is 1. The summed E-state index contributed by atoms with van der Waals surface area (Å²) < 4.78 is 3.61. The second-order valence-corrected chi connectivity index (χ2v) is 5.57. The molecule has 0 aliphatic carbocycles. The van der Waals surface area contributed by atoms with Crippen LogP contribution in [0.3, 0.4) is 0 Å². The van der Waals surface area contributed by atoms with Gasteiger partial charge >= 0.3 is 0 Å². The summed E-state index contributed by atoms with van der Waals surface area (Å²) in [7, 11) is 0. The summed E-state index contributed by atoms with van der Waals surface area (Å²) in [5, 5.41) is 1.30. The molecule has 0 atom stereocenters. The van der Waals surface area contributed by atoms with Gasteiger partial charge in [0.25, 0.3) is 0 Å². The van der Waals surface area contributed by atoms with Gasteiger partial charge in [0.2, 0.25) is 0 Å². The van der Waals surface area contributed by atoms with Gasteiger partial charge in [0.05, 0.1) is 0 Å². The van der Waals surface area contributed by atoms with Crippen molar-refractivity contribution >= 4 is 53.3 Å². The lowest BCUT2D eigenvalue weighted by Gasteiger charge is -1.95. The van der Waals surface area contributed by atoms with E-state index in [1.54, 1.807) is 0 Å². The molecule has 1 aromatic carbocycles. The SMILES string of the molecule is Cc1cc2c(Br)c(Br)ccc2s1. The third-order valence-electron chi connectivity index (χ3n) is 1.71. The van der Waals surface area contributed by atoms with Crippen molar-refractivity contribution in [1.82, 2.24) is 0 Å². The van der Waals surface area contributed by atoms with Gasteiger partial charge in [-0.1, -0.05) is 0 Å². The number of rotatable bonds is 0. The van der Waals surface area contributed by atoms with Gasteiger partial charge < -0.3 is 0 Å². The average Bonchev–Trinajstić information content (AvgIpc) is 2.39. The molecular formula is C9H6Br2S. The lowest BCUT2D eigenvalue weighted by Crippen LogP contribution is -1.68. The topological polar surface area (TPSA) is 0 Å². The number of fused-ring (bicyclic) bond motifs is 1. The molecule has 0 saturated heterocycles. The van der Waals surface area contributed by atoms with Gasteiger partial charge in [-0.2, -0.15) is 0 Å². The molecule has 0 nitrogen and oxygen atoms in total. The second-order valence-electron chi connectivity index (χ2n) is 2.63. The molecule has 1 aromatic heterocycles. The van der Waals surface area contributed by atoms with Gasteiger partial charge in [-0.3, -0.25) is 0 Å². The molecule has 3 heteroatoms. The Balaban J connectivity index is 2.89. The van der Waals surface area contributed by atoms with E-state index in [1.807, 2.05) is 11.3 Å². The van der Waals surface area contributed by atoms with Crippen LogP contribution >= 0.6 is 43.2 Å². The zero-order valence-electron chi connectivity index (χ0n) is 6.40. The Labute approximate surface area is 91.9 Å². The average molecular weight is 306 g/mol. The molecule has 0 amide bonds. The molecule has 1 heterocycles. The summed E-state index contributed by atoms with van der Waals surface area (Å²) in [6.45, 7) is 2.13. The first-order valence-electron chi connectivity index (χ1n) is 3.52. The fraction of sp³-hybridized carbons (Fsp3) is 0.111. The number of hydrogen-bond acceptors (Lipinski definition) is 1. The van der Waals surface area contributed by atoms with Crippen LogP contribution in [0.25, 0.3) is 10.1 Å². The van der Waals surface area contributed by atoms with Crippen molar-refractivity contribution in [2.75, 3.05) is 0 Å². The fourth-order valence-corrected chi connectivity index (χ4v) is 3.05. The Morgan fingerprint density at radius 1 is 1.25 bits per heavy atom. The Morgan fingerprint density at radius 2 is 2.00 bits per heavy atom. The maximum atomic E-state index is 3.55. The van der Waals surface area contributed by atoms with E-state index in [9.17, 15) is 0 Å². The molecule has 0 fully saturated rings. The van der Waals surface area contributed by atoms with E-state index < -0.39 is 0 Å². The van der Waals surface area contributed by atoms with Crippen molar-refractivity contribution in [3.8, 4) is 0 Å². The summed E-state index contributed by atoms with van der Waals surface area (Å²) in [6.07, 6.45) is 0. The lowest BCUT2D eigenvalue weighted by atomic mass is 10.2. The first-order chi connectivity index (χ1) is 5.68. The van der Waals surface area contributed by atoms with Gasteiger partial charge in [-0.15, -0.1) is 11.3 Å². The quantitative estimate of drug-likeness (QED) is 0.660. The van der Waals surface area contributed by atoms with Crippen molar-refractivity contribution in [2.24, 2.45) is 0 Å². The molecular weight excluding hydrogens is 300 g/mol. The Morgan fingerprint density at radius 3 is 2.75 bits per heavy atom. The highest BCUT2D eigenvalue weighted by atomic mass is 79.9. The highest BCUT2D eigenvalue weighted by molar-refractivity contribution is 9.13. The molecule has 0 saturated carbocycles. The summed E-state index contributed by atoms with van der Waals surface area (Å²) in [5.41, 5.74) is 0. The van der Waals surface area contributed by atoms with Gasteiger partial charge in [0, 0.05) is 23.9 Å². The van der Waals surface area contributed by atoms with Crippen LogP contribution in [0, 0.1) is 6.92 Å². The summed E-state index contributed by atoms with van der Waals surface area (Å²) in [5.74, 6) is 0. The third kappa shape index (κ3) is 1.34. The third-order valence-corrected chi connectivity index (χ3v) is 4.77. The number of benzene rings is 1. The van der Waals surface area contributed by atoms with Crippen LogP contribution in [0.15, 0.2) is 27.1 Å². The smallest absolute Gasteiger partial charge is 0.0404 e. The van der Waals surface area contributed by atoms with Crippen LogP contribution in [0.1, 0.15) is 4.88 Å². The van der Waals surface area contributed by atoms with E-state index in [-0.39, 0.29) is 0 Å². The maximum Gasteiger partial charge on any atom is 0.0404 e. The molecule has 0 unspecified atom stereocenters. The van der Waals surface area contributed by atoms with E-state index in [0.717, 1.165) is 8.95 Å². The molecule has 0 aliphatic rings. The molecule has 12 heavy (non-hydrogen) atoms. The first-order valence-corrected chi connectivity index (χ1v) is 5.93. The van der Waals surface area contributed by atoms with E-state index in [2.05, 4.69) is 57.0 Å². The molecule has 2 rings (SSSR count). The van der Waals surface area contributed by atoms with Crippen LogP contribution < -0.4 is 0 Å². The highest BCUT2D eigenvalue weighted by Crippen LogP contribution is 2.35. The Kier molecular flexibility index (Phi) is 2.27. The number of halogens is 2. The van der Waals surface area contributed by atoms with Gasteiger partial charge in [-0.05, 0) is 57.0 Å². The normalized spacial score (nSPS) is 10.9. The number of aryl methyl sites for hydroxylation is 1. The second kappa shape index (κ2) is 3.13. The highest BCUT2D eigenvalue weighted by Gasteiger charge is 2.04. The lowest BCUT2D eigenvalue weighted by molar-refractivity contribution is 1.64. The summed E-state index contributed by atoms with van der Waals surface area (Å²) >= 11 is 8.86. The van der Waals surface area contributed by atoms with E-state index in [1.165, 1.54) is 15.0 Å². The zero-order valence-corrected chi connectivity index (χ0v) is 10.4. The van der Waals surface area contributed by atoms with Crippen LogP contribution in [0.5, 0.6) is 0 Å². The van der Waals surface area contributed by atoms with Crippen molar-refractivity contribution in [1.29, 1.82) is 0 Å². The molecule has 0 bridgehead atoms.